The van der Waals surface area contributed by atoms with Gasteiger partial charge in [0.05, 0.1) is 0 Å². The molecular formula is C13H20ClNOS. The lowest BCUT2D eigenvalue weighted by atomic mass is 10.2. The minimum atomic E-state index is 0.232. The highest BCUT2D eigenvalue weighted by Gasteiger charge is 2.08. The van der Waals surface area contributed by atoms with Crippen molar-refractivity contribution < 1.29 is 5.11 Å². The molecule has 0 saturated heterocycles. The fourth-order valence-corrected chi connectivity index (χ4v) is 2.78. The van der Waals surface area contributed by atoms with Crippen molar-refractivity contribution in [2.75, 3.05) is 18.9 Å². The van der Waals surface area contributed by atoms with E-state index in [1.165, 1.54) is 4.90 Å². The van der Waals surface area contributed by atoms with E-state index in [4.69, 9.17) is 16.7 Å². The molecule has 4 heteroatoms. The number of aliphatic hydroxyl groups excluding tert-OH is 1. The van der Waals surface area contributed by atoms with Gasteiger partial charge in [0.1, 0.15) is 0 Å². The minimum Gasteiger partial charge on any atom is -0.396 e. The fourth-order valence-electron chi connectivity index (χ4n) is 1.38. The van der Waals surface area contributed by atoms with Gasteiger partial charge in [0.15, 0.2) is 0 Å². The lowest BCUT2D eigenvalue weighted by molar-refractivity contribution is 0.250. The zero-order valence-electron chi connectivity index (χ0n) is 10.4. The normalized spacial score (nSPS) is 12.7. The van der Waals surface area contributed by atoms with Gasteiger partial charge in [0.2, 0.25) is 0 Å². The first kappa shape index (κ1) is 14.8. The van der Waals surface area contributed by atoms with Gasteiger partial charge in [-0.15, -0.1) is 11.8 Å². The van der Waals surface area contributed by atoms with Crippen LogP contribution in [0.4, 0.5) is 0 Å². The lowest BCUT2D eigenvalue weighted by Gasteiger charge is -2.13. The highest BCUT2D eigenvalue weighted by Crippen LogP contribution is 2.29. The molecule has 96 valence electrons. The van der Waals surface area contributed by atoms with Gasteiger partial charge in [-0.25, -0.2) is 0 Å². The molecule has 0 aromatic heterocycles. The van der Waals surface area contributed by atoms with E-state index in [1.807, 2.05) is 19.1 Å². The summed E-state index contributed by atoms with van der Waals surface area (Å²) in [7, 11) is 0. The smallest absolute Gasteiger partial charge is 0.0464 e. The van der Waals surface area contributed by atoms with Gasteiger partial charge in [-0.2, -0.15) is 0 Å². The Morgan fingerprint density at radius 2 is 2.24 bits per heavy atom. The molecule has 0 aliphatic rings. The highest BCUT2D eigenvalue weighted by atomic mass is 35.5. The zero-order chi connectivity index (χ0) is 12.7. The quantitative estimate of drug-likeness (QED) is 0.749. The predicted molar refractivity (Wildman–Crippen MR) is 75.8 cm³/mol. The van der Waals surface area contributed by atoms with E-state index in [0.717, 1.165) is 29.4 Å². The molecule has 1 rings (SSSR count). The van der Waals surface area contributed by atoms with Crippen LogP contribution in [0.15, 0.2) is 23.1 Å². The lowest BCUT2D eigenvalue weighted by Crippen LogP contribution is -2.13. The fraction of sp³-hybridized carbons (Fsp3) is 0.538. The van der Waals surface area contributed by atoms with Crippen molar-refractivity contribution in [3.63, 3.8) is 0 Å². The van der Waals surface area contributed by atoms with Crippen molar-refractivity contribution in [3.05, 3.63) is 28.8 Å². The van der Waals surface area contributed by atoms with Gasteiger partial charge in [-0.3, -0.25) is 0 Å². The summed E-state index contributed by atoms with van der Waals surface area (Å²) in [6.07, 6.45) is 0. The van der Waals surface area contributed by atoms with E-state index < -0.39 is 0 Å². The van der Waals surface area contributed by atoms with Crippen LogP contribution in [0.2, 0.25) is 5.02 Å². The van der Waals surface area contributed by atoms with Crippen molar-refractivity contribution in [2.24, 2.45) is 5.92 Å². The van der Waals surface area contributed by atoms with E-state index in [0.29, 0.717) is 5.92 Å². The molecule has 1 unspecified atom stereocenters. The van der Waals surface area contributed by atoms with Crippen LogP contribution < -0.4 is 5.32 Å². The van der Waals surface area contributed by atoms with Crippen molar-refractivity contribution >= 4 is 23.4 Å². The van der Waals surface area contributed by atoms with Gasteiger partial charge in [0.25, 0.3) is 0 Å². The molecular weight excluding hydrogens is 254 g/mol. The van der Waals surface area contributed by atoms with Gasteiger partial charge in [0, 0.05) is 28.8 Å². The second kappa shape index (κ2) is 7.98. The van der Waals surface area contributed by atoms with Crippen LogP contribution in [0.5, 0.6) is 0 Å². The Morgan fingerprint density at radius 1 is 1.47 bits per heavy atom. The third-order valence-electron chi connectivity index (χ3n) is 2.46. The topological polar surface area (TPSA) is 32.3 Å². The standard InChI is InChI=1S/C13H20ClNOS/c1-3-15-7-11-12(14)5-4-6-13(11)17-9-10(2)8-16/h4-6,10,15-16H,3,7-9H2,1-2H3. The molecule has 1 aromatic rings. The Bertz CT molecular complexity index is 346. The van der Waals surface area contributed by atoms with Crippen molar-refractivity contribution in [3.8, 4) is 0 Å². The molecule has 0 bridgehead atoms. The molecule has 2 N–H and O–H groups in total. The van der Waals surface area contributed by atoms with E-state index in [9.17, 15) is 0 Å². The average molecular weight is 274 g/mol. The maximum absolute atomic E-state index is 9.03. The Morgan fingerprint density at radius 3 is 2.88 bits per heavy atom. The summed E-state index contributed by atoms with van der Waals surface area (Å²) >= 11 is 7.97. The number of hydrogen-bond donors (Lipinski definition) is 2. The number of thioether (sulfide) groups is 1. The van der Waals surface area contributed by atoms with E-state index in [1.54, 1.807) is 11.8 Å². The number of rotatable bonds is 7. The van der Waals surface area contributed by atoms with Crippen LogP contribution in [0.1, 0.15) is 19.4 Å². The van der Waals surface area contributed by atoms with E-state index >= 15 is 0 Å². The van der Waals surface area contributed by atoms with Crippen LogP contribution in [-0.2, 0) is 6.54 Å². The summed E-state index contributed by atoms with van der Waals surface area (Å²) in [5.74, 6) is 1.22. The second-order valence-corrected chi connectivity index (χ2v) is 5.56. The molecule has 1 atom stereocenters. The molecule has 0 heterocycles. The Hall–Kier alpha value is -0.220. The summed E-state index contributed by atoms with van der Waals surface area (Å²) in [6, 6.07) is 5.99. The molecule has 0 aliphatic heterocycles. The van der Waals surface area contributed by atoms with Crippen molar-refractivity contribution in [1.82, 2.24) is 5.32 Å². The van der Waals surface area contributed by atoms with E-state index in [2.05, 4.69) is 18.3 Å². The molecule has 0 fully saturated rings. The SMILES string of the molecule is CCNCc1c(Cl)cccc1SCC(C)CO. The van der Waals surface area contributed by atoms with Crippen molar-refractivity contribution in [1.29, 1.82) is 0 Å². The number of aliphatic hydroxyl groups is 1. The maximum Gasteiger partial charge on any atom is 0.0464 e. The van der Waals surface area contributed by atoms with Gasteiger partial charge in [-0.1, -0.05) is 31.5 Å². The number of nitrogens with one attached hydrogen (secondary N) is 1. The minimum absolute atomic E-state index is 0.232. The predicted octanol–water partition coefficient (Wildman–Crippen LogP) is 3.17. The Kier molecular flexibility index (Phi) is 6.97. The monoisotopic (exact) mass is 273 g/mol. The molecule has 1 aromatic carbocycles. The molecule has 0 aliphatic carbocycles. The summed E-state index contributed by atoms with van der Waals surface area (Å²) < 4.78 is 0. The second-order valence-electron chi connectivity index (χ2n) is 4.10. The number of benzene rings is 1. The molecule has 2 nitrogen and oxygen atoms in total. The first-order chi connectivity index (χ1) is 8.19. The molecule has 0 spiro atoms. The van der Waals surface area contributed by atoms with Crippen LogP contribution in [0.25, 0.3) is 0 Å². The Balaban J connectivity index is 2.72. The third kappa shape index (κ3) is 4.88. The van der Waals surface area contributed by atoms with Crippen LogP contribution in [0, 0.1) is 5.92 Å². The number of hydrogen-bond acceptors (Lipinski definition) is 3. The summed E-state index contributed by atoms with van der Waals surface area (Å²) in [4.78, 5) is 1.21. The maximum atomic E-state index is 9.03. The van der Waals surface area contributed by atoms with E-state index in [-0.39, 0.29) is 6.61 Å². The summed E-state index contributed by atoms with van der Waals surface area (Å²) in [5.41, 5.74) is 1.16. The first-order valence-corrected chi connectivity index (χ1v) is 7.27. The first-order valence-electron chi connectivity index (χ1n) is 5.90. The Labute approximate surface area is 113 Å². The largest absolute Gasteiger partial charge is 0.396 e. The third-order valence-corrected chi connectivity index (χ3v) is 4.25. The van der Waals surface area contributed by atoms with Gasteiger partial charge in [-0.05, 0) is 30.2 Å². The molecule has 0 amide bonds. The summed E-state index contributed by atoms with van der Waals surface area (Å²) in [6.45, 7) is 6.09. The molecule has 0 radical (unpaired) electrons. The average Bonchev–Trinajstić information content (AvgIpc) is 2.34. The molecule has 0 saturated carbocycles. The van der Waals surface area contributed by atoms with Crippen LogP contribution >= 0.6 is 23.4 Å². The zero-order valence-corrected chi connectivity index (χ0v) is 11.9. The van der Waals surface area contributed by atoms with Crippen LogP contribution in [-0.4, -0.2) is 24.0 Å². The van der Waals surface area contributed by atoms with Crippen LogP contribution in [0.3, 0.4) is 0 Å². The van der Waals surface area contributed by atoms with Gasteiger partial charge >= 0.3 is 0 Å². The highest BCUT2D eigenvalue weighted by molar-refractivity contribution is 7.99. The number of halogens is 1. The molecule has 17 heavy (non-hydrogen) atoms. The van der Waals surface area contributed by atoms with Gasteiger partial charge < -0.3 is 10.4 Å². The van der Waals surface area contributed by atoms with Crippen molar-refractivity contribution in [2.45, 2.75) is 25.3 Å². The summed E-state index contributed by atoms with van der Waals surface area (Å²) in [5, 5.41) is 13.1.